The van der Waals surface area contributed by atoms with Gasteiger partial charge < -0.3 is 14.4 Å². The maximum atomic E-state index is 12.4. The van der Waals surface area contributed by atoms with E-state index in [4.69, 9.17) is 9.47 Å². The number of methoxy groups -OCH3 is 2. The van der Waals surface area contributed by atoms with E-state index in [1.165, 1.54) is 11.1 Å². The van der Waals surface area contributed by atoms with Crippen molar-refractivity contribution in [2.24, 2.45) is 0 Å². The molecule has 0 bridgehead atoms. The molecule has 4 heteroatoms. The summed E-state index contributed by atoms with van der Waals surface area (Å²) in [4.78, 5) is 14.8. The fourth-order valence-electron chi connectivity index (χ4n) is 3.88. The number of benzene rings is 2. The molecule has 0 amide bonds. The van der Waals surface area contributed by atoms with E-state index in [-0.39, 0.29) is 11.8 Å². The summed E-state index contributed by atoms with van der Waals surface area (Å²) in [5, 5.41) is 0. The van der Waals surface area contributed by atoms with E-state index in [1.54, 1.807) is 20.3 Å². The van der Waals surface area contributed by atoms with Crippen LogP contribution in [0, 0.1) is 0 Å². The van der Waals surface area contributed by atoms with Gasteiger partial charge in [-0.25, -0.2) is 0 Å². The summed E-state index contributed by atoms with van der Waals surface area (Å²) in [7, 11) is 3.30. The number of allylic oxidation sites excluding steroid dienone is 1. The van der Waals surface area contributed by atoms with Crippen LogP contribution in [0.2, 0.25) is 0 Å². The van der Waals surface area contributed by atoms with Crippen LogP contribution in [-0.2, 0) is 11.2 Å². The predicted molar refractivity (Wildman–Crippen MR) is 96.7 cm³/mol. The van der Waals surface area contributed by atoms with E-state index in [0.29, 0.717) is 12.2 Å². The van der Waals surface area contributed by atoms with Crippen molar-refractivity contribution in [2.75, 3.05) is 20.8 Å². The van der Waals surface area contributed by atoms with E-state index in [2.05, 4.69) is 23.1 Å². The van der Waals surface area contributed by atoms with Crippen molar-refractivity contribution < 1.29 is 14.3 Å². The van der Waals surface area contributed by atoms with Gasteiger partial charge in [-0.2, -0.15) is 0 Å². The minimum atomic E-state index is 0.0521. The maximum Gasteiger partial charge on any atom is 0.161 e. The van der Waals surface area contributed by atoms with Crippen LogP contribution in [0.1, 0.15) is 29.2 Å². The van der Waals surface area contributed by atoms with Crippen molar-refractivity contribution in [3.63, 3.8) is 0 Å². The summed E-state index contributed by atoms with van der Waals surface area (Å²) in [6, 6.07) is 14.3. The second kappa shape index (κ2) is 6.28. The van der Waals surface area contributed by atoms with Crippen LogP contribution in [0.4, 0.5) is 0 Å². The van der Waals surface area contributed by atoms with Gasteiger partial charge in [-0.3, -0.25) is 4.79 Å². The average Bonchev–Trinajstić information content (AvgIpc) is 2.66. The Morgan fingerprint density at radius 2 is 1.76 bits per heavy atom. The number of fused-ring (bicyclic) bond motifs is 3. The molecule has 0 spiro atoms. The van der Waals surface area contributed by atoms with Gasteiger partial charge in [0.15, 0.2) is 17.3 Å². The van der Waals surface area contributed by atoms with Gasteiger partial charge in [-0.15, -0.1) is 0 Å². The second-order valence-electron chi connectivity index (χ2n) is 6.43. The zero-order chi connectivity index (χ0) is 17.4. The normalized spacial score (nSPS) is 19.0. The molecular formula is C21H21NO3. The Morgan fingerprint density at radius 3 is 2.48 bits per heavy atom. The quantitative estimate of drug-likeness (QED) is 0.859. The van der Waals surface area contributed by atoms with Crippen LogP contribution in [0.25, 0.3) is 5.70 Å². The van der Waals surface area contributed by atoms with Gasteiger partial charge >= 0.3 is 0 Å². The molecule has 0 radical (unpaired) electrons. The molecule has 25 heavy (non-hydrogen) atoms. The number of hydrogen-bond acceptors (Lipinski definition) is 4. The molecule has 2 aromatic carbocycles. The molecule has 1 atom stereocenters. The minimum Gasteiger partial charge on any atom is -0.493 e. The van der Waals surface area contributed by atoms with Crippen LogP contribution < -0.4 is 9.47 Å². The molecule has 0 aromatic heterocycles. The molecule has 0 aliphatic carbocycles. The Balaban J connectivity index is 1.79. The number of ketones is 1. The lowest BCUT2D eigenvalue weighted by molar-refractivity contribution is -0.116. The van der Waals surface area contributed by atoms with E-state index < -0.39 is 0 Å². The average molecular weight is 335 g/mol. The summed E-state index contributed by atoms with van der Waals surface area (Å²) in [6.07, 6.45) is 3.21. The SMILES string of the molecule is COc1cc2c(cc1OC)C1CC(=O)C=C(c3ccccc3)N1CC2. The molecule has 128 valence electrons. The van der Waals surface area contributed by atoms with E-state index in [9.17, 15) is 4.79 Å². The largest absolute Gasteiger partial charge is 0.493 e. The first-order valence-corrected chi connectivity index (χ1v) is 8.52. The first-order chi connectivity index (χ1) is 12.2. The maximum absolute atomic E-state index is 12.4. The smallest absolute Gasteiger partial charge is 0.161 e. The van der Waals surface area contributed by atoms with E-state index in [1.807, 2.05) is 24.3 Å². The van der Waals surface area contributed by atoms with Crippen molar-refractivity contribution in [3.05, 3.63) is 65.2 Å². The third kappa shape index (κ3) is 2.68. The number of carbonyl (C=O) groups excluding carboxylic acids is 1. The second-order valence-corrected chi connectivity index (χ2v) is 6.43. The van der Waals surface area contributed by atoms with Gasteiger partial charge in [0.1, 0.15) is 0 Å². The van der Waals surface area contributed by atoms with Gasteiger partial charge in [0, 0.05) is 24.7 Å². The summed E-state index contributed by atoms with van der Waals surface area (Å²) in [6.45, 7) is 0.890. The Labute approximate surface area is 147 Å². The lowest BCUT2D eigenvalue weighted by Crippen LogP contribution is -2.38. The van der Waals surface area contributed by atoms with Crippen molar-refractivity contribution in [3.8, 4) is 11.5 Å². The van der Waals surface area contributed by atoms with Gasteiger partial charge in [0.05, 0.1) is 20.3 Å². The van der Waals surface area contributed by atoms with Crippen LogP contribution in [0.3, 0.4) is 0 Å². The Kier molecular flexibility index (Phi) is 3.96. The van der Waals surface area contributed by atoms with Crippen molar-refractivity contribution in [2.45, 2.75) is 18.9 Å². The predicted octanol–water partition coefficient (Wildman–Crippen LogP) is 3.62. The number of ether oxygens (including phenoxy) is 2. The highest BCUT2D eigenvalue weighted by Crippen LogP contribution is 2.44. The zero-order valence-corrected chi connectivity index (χ0v) is 14.5. The van der Waals surface area contributed by atoms with Crippen molar-refractivity contribution >= 4 is 11.5 Å². The van der Waals surface area contributed by atoms with Gasteiger partial charge in [-0.1, -0.05) is 30.3 Å². The molecule has 2 aliphatic heterocycles. The first kappa shape index (κ1) is 15.8. The lowest BCUT2D eigenvalue weighted by Gasteiger charge is -2.42. The van der Waals surface area contributed by atoms with Crippen molar-refractivity contribution in [1.29, 1.82) is 0 Å². The Hall–Kier alpha value is -2.75. The molecular weight excluding hydrogens is 314 g/mol. The van der Waals surface area contributed by atoms with Crippen LogP contribution >= 0.6 is 0 Å². The molecule has 2 aliphatic rings. The Bertz CT molecular complexity index is 842. The van der Waals surface area contributed by atoms with Gasteiger partial charge in [0.25, 0.3) is 0 Å². The molecule has 0 saturated heterocycles. The first-order valence-electron chi connectivity index (χ1n) is 8.52. The van der Waals surface area contributed by atoms with E-state index >= 15 is 0 Å². The minimum absolute atomic E-state index is 0.0521. The highest BCUT2D eigenvalue weighted by molar-refractivity contribution is 5.98. The van der Waals surface area contributed by atoms with Crippen LogP contribution in [-0.4, -0.2) is 31.4 Å². The lowest BCUT2D eigenvalue weighted by atomic mass is 9.85. The number of nitrogens with zero attached hydrogens (tertiary/aromatic N) is 1. The molecule has 2 aromatic rings. The highest BCUT2D eigenvalue weighted by atomic mass is 16.5. The number of carbonyl (C=O) groups is 1. The highest BCUT2D eigenvalue weighted by Gasteiger charge is 2.35. The summed E-state index contributed by atoms with van der Waals surface area (Å²) < 4.78 is 10.9. The van der Waals surface area contributed by atoms with Gasteiger partial charge in [0.2, 0.25) is 0 Å². The zero-order valence-electron chi connectivity index (χ0n) is 14.5. The molecule has 1 unspecified atom stereocenters. The monoisotopic (exact) mass is 335 g/mol. The van der Waals surface area contributed by atoms with Crippen molar-refractivity contribution in [1.82, 2.24) is 4.90 Å². The standard InChI is InChI=1S/C21H21NO3/c1-24-20-10-15-8-9-22-18(14-6-4-3-5-7-14)11-16(23)12-19(22)17(15)13-21(20)25-2/h3-7,10-11,13,19H,8-9,12H2,1-2H3. The number of rotatable bonds is 3. The summed E-state index contributed by atoms with van der Waals surface area (Å²) >= 11 is 0. The van der Waals surface area contributed by atoms with Gasteiger partial charge in [-0.05, 0) is 35.2 Å². The molecule has 0 fully saturated rings. The third-order valence-electron chi connectivity index (χ3n) is 5.07. The molecule has 0 saturated carbocycles. The third-order valence-corrected chi connectivity index (χ3v) is 5.07. The topological polar surface area (TPSA) is 38.8 Å². The van der Waals surface area contributed by atoms with Crippen LogP contribution in [0.5, 0.6) is 11.5 Å². The molecule has 4 nitrogen and oxygen atoms in total. The fourth-order valence-corrected chi connectivity index (χ4v) is 3.88. The summed E-state index contributed by atoms with van der Waals surface area (Å²) in [5.74, 6) is 1.63. The molecule has 4 rings (SSSR count). The molecule has 0 N–H and O–H groups in total. The summed E-state index contributed by atoms with van der Waals surface area (Å²) in [5.41, 5.74) is 4.51. The van der Waals surface area contributed by atoms with Crippen LogP contribution in [0.15, 0.2) is 48.5 Å². The Morgan fingerprint density at radius 1 is 1.04 bits per heavy atom. The number of hydrogen-bond donors (Lipinski definition) is 0. The molecule has 2 heterocycles. The fraction of sp³-hybridized carbons (Fsp3) is 0.286. The van der Waals surface area contributed by atoms with E-state index in [0.717, 1.165) is 30.0 Å².